The Hall–Kier alpha value is -7.43. The van der Waals surface area contributed by atoms with Gasteiger partial charge >= 0.3 is 0 Å². The lowest BCUT2D eigenvalue weighted by Crippen LogP contribution is -2.00. The number of hydrogen-bond acceptors (Lipinski definition) is 4. The molecule has 9 aromatic carbocycles. The van der Waals surface area contributed by atoms with E-state index in [0.717, 1.165) is 38.6 Å². The molecule has 0 aliphatic carbocycles. The molecule has 4 heteroatoms. The van der Waals surface area contributed by atoms with Crippen LogP contribution < -0.4 is 0 Å². The normalized spacial score (nSPS) is 12.9. The van der Waals surface area contributed by atoms with Crippen LogP contribution in [0.25, 0.3) is 111 Å². The van der Waals surface area contributed by atoms with Crippen LogP contribution in [0.4, 0.5) is 0 Å². The van der Waals surface area contributed by atoms with Crippen molar-refractivity contribution in [1.29, 1.82) is 0 Å². The van der Waals surface area contributed by atoms with Gasteiger partial charge in [0.1, 0.15) is 11.2 Å². The Morgan fingerprint density at radius 1 is 0.345 bits per heavy atom. The van der Waals surface area contributed by atoms with Gasteiger partial charge in [0, 0.05) is 27.5 Å². The highest BCUT2D eigenvalue weighted by Crippen LogP contribution is 2.41. The van der Waals surface area contributed by atoms with E-state index in [1.165, 1.54) is 32.3 Å². The fraction of sp³-hybridized carbons (Fsp3) is 0. The maximum Gasteiger partial charge on any atom is 0.164 e. The van der Waals surface area contributed by atoms with E-state index in [9.17, 15) is 0 Å². The van der Waals surface area contributed by atoms with E-state index in [1.807, 2.05) is 60.7 Å². The molecule has 0 bridgehead atoms. The molecule has 0 spiro atoms. The van der Waals surface area contributed by atoms with Gasteiger partial charge in [0.05, 0.1) is 6.85 Å². The first-order chi connectivity index (χ1) is 29.3. The van der Waals surface area contributed by atoms with E-state index in [2.05, 4.69) is 78.9 Å². The smallest absolute Gasteiger partial charge is 0.164 e. The van der Waals surface area contributed by atoms with Gasteiger partial charge in [0.15, 0.2) is 17.5 Å². The number of fused-ring (bicyclic) bond motifs is 9. The topological polar surface area (TPSA) is 51.8 Å². The maximum absolute atomic E-state index is 8.57. The molecule has 0 aliphatic heterocycles. The van der Waals surface area contributed by atoms with Gasteiger partial charge in [0.2, 0.25) is 0 Å². The SMILES string of the molecule is [2H]c1c([2H])c([2H])c(-c2cccc(-c3nc(-c4ccccc4)nc(-c4ccc5c(c4)oc4cccc(-c6ccc7c8ccccc8c8ccccc8c7c6)c45)n3)c2)c([2H])c1[2H]. The predicted octanol–water partition coefficient (Wildman–Crippen LogP) is 13.6. The summed E-state index contributed by atoms with van der Waals surface area (Å²) in [5.41, 5.74) is 6.34. The van der Waals surface area contributed by atoms with Crippen LogP contribution in [0.5, 0.6) is 0 Å². The van der Waals surface area contributed by atoms with Gasteiger partial charge in [0.25, 0.3) is 0 Å². The minimum Gasteiger partial charge on any atom is -0.456 e. The van der Waals surface area contributed by atoms with Crippen LogP contribution >= 0.6 is 0 Å². The number of benzene rings is 9. The third kappa shape index (κ3) is 5.26. The maximum atomic E-state index is 8.57. The monoisotopic (exact) mass is 706 g/mol. The number of hydrogen-bond donors (Lipinski definition) is 0. The third-order valence-electron chi connectivity index (χ3n) is 10.4. The second-order valence-corrected chi connectivity index (χ2v) is 13.6. The Bertz CT molecular complexity index is 3500. The van der Waals surface area contributed by atoms with Crippen LogP contribution in [0.3, 0.4) is 0 Å². The molecular formula is C51H31N3O. The minimum absolute atomic E-state index is 0.112. The van der Waals surface area contributed by atoms with Crippen molar-refractivity contribution in [2.75, 3.05) is 0 Å². The Labute approximate surface area is 324 Å². The quantitative estimate of drug-likeness (QED) is 0.167. The zero-order valence-electron chi connectivity index (χ0n) is 34.3. The van der Waals surface area contributed by atoms with E-state index in [4.69, 9.17) is 26.2 Å². The lowest BCUT2D eigenvalue weighted by atomic mass is 9.91. The summed E-state index contributed by atoms with van der Waals surface area (Å²) in [6, 6.07) is 51.2. The molecule has 0 fully saturated rings. The largest absolute Gasteiger partial charge is 0.456 e. The van der Waals surface area contributed by atoms with Crippen LogP contribution in [-0.2, 0) is 0 Å². The van der Waals surface area contributed by atoms with Gasteiger partial charge in [-0.05, 0) is 84.9 Å². The summed E-state index contributed by atoms with van der Waals surface area (Å²) >= 11 is 0. The molecule has 2 aromatic heterocycles. The van der Waals surface area contributed by atoms with Crippen LogP contribution in [0.1, 0.15) is 6.85 Å². The van der Waals surface area contributed by atoms with Crippen molar-refractivity contribution in [2.24, 2.45) is 0 Å². The summed E-state index contributed by atoms with van der Waals surface area (Å²) < 4.78 is 48.3. The lowest BCUT2D eigenvalue weighted by Gasteiger charge is -2.12. The zero-order chi connectivity index (χ0) is 40.6. The molecule has 2 heterocycles. The first kappa shape index (κ1) is 26.4. The second kappa shape index (κ2) is 12.6. The summed E-state index contributed by atoms with van der Waals surface area (Å²) in [5.74, 6) is 1.27. The molecule has 0 N–H and O–H groups in total. The van der Waals surface area contributed by atoms with Gasteiger partial charge in [-0.2, -0.15) is 0 Å². The average Bonchev–Trinajstić information content (AvgIpc) is 3.69. The zero-order valence-corrected chi connectivity index (χ0v) is 29.3. The number of furan rings is 1. The molecule has 0 aliphatic rings. The van der Waals surface area contributed by atoms with Crippen molar-refractivity contribution in [3.8, 4) is 56.4 Å². The van der Waals surface area contributed by atoms with E-state index in [0.29, 0.717) is 34.2 Å². The van der Waals surface area contributed by atoms with E-state index in [-0.39, 0.29) is 17.6 Å². The number of rotatable bonds is 5. The molecule has 0 saturated heterocycles. The molecule has 11 aromatic rings. The highest BCUT2D eigenvalue weighted by molar-refractivity contribution is 6.26. The van der Waals surface area contributed by atoms with Gasteiger partial charge in [-0.15, -0.1) is 0 Å². The fourth-order valence-corrected chi connectivity index (χ4v) is 7.84. The fourth-order valence-electron chi connectivity index (χ4n) is 7.84. The van der Waals surface area contributed by atoms with Gasteiger partial charge in [-0.25, -0.2) is 15.0 Å². The van der Waals surface area contributed by atoms with Crippen molar-refractivity contribution in [1.82, 2.24) is 15.0 Å². The molecule has 0 radical (unpaired) electrons. The Morgan fingerprint density at radius 2 is 0.891 bits per heavy atom. The second-order valence-electron chi connectivity index (χ2n) is 13.6. The Morgan fingerprint density at radius 3 is 1.62 bits per heavy atom. The third-order valence-corrected chi connectivity index (χ3v) is 10.4. The number of aromatic nitrogens is 3. The highest BCUT2D eigenvalue weighted by atomic mass is 16.3. The van der Waals surface area contributed by atoms with Crippen molar-refractivity contribution >= 4 is 54.3 Å². The predicted molar refractivity (Wildman–Crippen MR) is 227 cm³/mol. The van der Waals surface area contributed by atoms with Crippen molar-refractivity contribution < 1.29 is 11.3 Å². The van der Waals surface area contributed by atoms with Crippen LogP contribution in [0, 0.1) is 0 Å². The van der Waals surface area contributed by atoms with Gasteiger partial charge in [-0.1, -0.05) is 158 Å². The van der Waals surface area contributed by atoms with Crippen molar-refractivity contribution in [3.63, 3.8) is 0 Å². The molecular weight excluding hydrogens is 671 g/mol. The Kier molecular flexibility index (Phi) is 6.04. The van der Waals surface area contributed by atoms with E-state index < -0.39 is 18.1 Å². The molecule has 11 rings (SSSR count). The van der Waals surface area contributed by atoms with Gasteiger partial charge in [-0.3, -0.25) is 0 Å². The van der Waals surface area contributed by atoms with Crippen LogP contribution in [-0.4, -0.2) is 15.0 Å². The lowest BCUT2D eigenvalue weighted by molar-refractivity contribution is 0.669. The van der Waals surface area contributed by atoms with Crippen molar-refractivity contribution in [3.05, 3.63) is 188 Å². The molecule has 0 amide bonds. The summed E-state index contributed by atoms with van der Waals surface area (Å²) in [6.45, 7) is 0. The molecule has 0 atom stereocenters. The Balaban J connectivity index is 1.05. The summed E-state index contributed by atoms with van der Waals surface area (Å²) in [5, 5.41) is 9.34. The van der Waals surface area contributed by atoms with Gasteiger partial charge < -0.3 is 4.42 Å². The molecule has 256 valence electrons. The summed E-state index contributed by atoms with van der Waals surface area (Å²) in [7, 11) is 0. The minimum atomic E-state index is -0.437. The summed E-state index contributed by atoms with van der Waals surface area (Å²) in [6.07, 6.45) is 0. The molecule has 4 nitrogen and oxygen atoms in total. The van der Waals surface area contributed by atoms with E-state index >= 15 is 0 Å². The van der Waals surface area contributed by atoms with Crippen LogP contribution in [0.2, 0.25) is 0 Å². The first-order valence-corrected chi connectivity index (χ1v) is 18.1. The first-order valence-electron chi connectivity index (χ1n) is 20.6. The summed E-state index contributed by atoms with van der Waals surface area (Å²) in [4.78, 5) is 14.8. The number of nitrogens with zero attached hydrogens (tertiary/aromatic N) is 3. The van der Waals surface area contributed by atoms with E-state index in [1.54, 1.807) is 18.2 Å². The molecule has 0 unspecified atom stereocenters. The molecule has 55 heavy (non-hydrogen) atoms. The highest BCUT2D eigenvalue weighted by Gasteiger charge is 2.18. The van der Waals surface area contributed by atoms with Crippen LogP contribution in [0.15, 0.2) is 192 Å². The average molecular weight is 707 g/mol. The van der Waals surface area contributed by atoms with Crippen molar-refractivity contribution in [2.45, 2.75) is 0 Å². The standard InChI is InChI=1S/C51H31N3O/c1-3-13-32(14-4-1)34-17-11-18-36(29-34)50-52-49(33-15-5-2-6-16-33)53-51(54-50)37-26-28-44-47(31-37)55-46-24-12-23-38(48(44)46)35-25-27-43-41-21-8-7-19-39(41)40-20-9-10-22-42(40)45(43)30-35/h1-31H/i1D,3D,4D,13D,14D. The molecule has 0 saturated carbocycles.